The molecule has 0 spiro atoms. The smallest absolute Gasteiger partial charge is 0.324 e. The van der Waals surface area contributed by atoms with Crippen LogP contribution in [0.5, 0.6) is 0 Å². The van der Waals surface area contributed by atoms with E-state index in [1.165, 1.54) is 0 Å². The minimum atomic E-state index is -1.52. The summed E-state index contributed by atoms with van der Waals surface area (Å²) in [5.74, 6) is -2.45. The molecule has 0 aromatic rings. The van der Waals surface area contributed by atoms with Gasteiger partial charge in [0.15, 0.2) is 10.8 Å². The molecule has 0 amide bonds. The van der Waals surface area contributed by atoms with Crippen LogP contribution in [0.2, 0.25) is 0 Å². The van der Waals surface area contributed by atoms with Gasteiger partial charge in [-0.15, -0.1) is 0 Å². The molecule has 0 fully saturated rings. The predicted molar refractivity (Wildman–Crippen MR) is 170 cm³/mol. The molecule has 2 aliphatic rings. The maximum absolute atomic E-state index is 13.5. The largest absolute Gasteiger partial charge is 0.462 e. The molecule has 8 nitrogen and oxygen atoms in total. The number of rotatable bonds is 12. The summed E-state index contributed by atoms with van der Waals surface area (Å²) in [6, 6.07) is 0. The third-order valence-corrected chi connectivity index (χ3v) is 7.14. The second-order valence-corrected chi connectivity index (χ2v) is 13.6. The first-order valence-corrected chi connectivity index (χ1v) is 15.6. The molecule has 8 heteroatoms. The summed E-state index contributed by atoms with van der Waals surface area (Å²) in [5, 5.41) is 0. The number of carbonyl (C=O) groups excluding carboxylic acids is 4. The SMILES string of the molecule is CC(C)=CC1=C(/C=C/C2=C(C=C(C)C)CC(C(=O)OC(C)C)(C(=O)OC(C)C)C2)CC(C(=O)OC(C)C)(C(=O)OC(C)C)C1. The van der Waals surface area contributed by atoms with Crippen LogP contribution in [0.4, 0.5) is 0 Å². The molecule has 0 unspecified atom stereocenters. The molecule has 0 aromatic carbocycles. The Morgan fingerprint density at radius 2 is 0.705 bits per heavy atom. The van der Waals surface area contributed by atoms with E-state index in [0.29, 0.717) is 0 Å². The quantitative estimate of drug-likeness (QED) is 0.127. The highest BCUT2D eigenvalue weighted by Crippen LogP contribution is 2.48. The topological polar surface area (TPSA) is 105 Å². The molecule has 0 heterocycles. The van der Waals surface area contributed by atoms with Crippen molar-refractivity contribution in [2.75, 3.05) is 0 Å². The van der Waals surface area contributed by atoms with Crippen molar-refractivity contribution in [2.24, 2.45) is 10.8 Å². The van der Waals surface area contributed by atoms with E-state index in [2.05, 4.69) is 0 Å². The third-order valence-electron chi connectivity index (χ3n) is 7.14. The molecule has 0 radical (unpaired) electrons. The summed E-state index contributed by atoms with van der Waals surface area (Å²) in [7, 11) is 0. The third kappa shape index (κ3) is 9.05. The van der Waals surface area contributed by atoms with Crippen LogP contribution in [0.25, 0.3) is 0 Å². The Morgan fingerprint density at radius 3 is 0.909 bits per heavy atom. The second kappa shape index (κ2) is 15.0. The van der Waals surface area contributed by atoms with Crippen molar-refractivity contribution in [3.63, 3.8) is 0 Å². The highest BCUT2D eigenvalue weighted by Gasteiger charge is 2.55. The summed E-state index contributed by atoms with van der Waals surface area (Å²) >= 11 is 0. The van der Waals surface area contributed by atoms with Crippen LogP contribution in [0.1, 0.15) is 109 Å². The zero-order valence-corrected chi connectivity index (χ0v) is 28.7. The summed E-state index contributed by atoms with van der Waals surface area (Å²) < 4.78 is 22.4. The number of allylic oxidation sites excluding steroid dienone is 10. The van der Waals surface area contributed by atoms with E-state index in [-0.39, 0.29) is 25.7 Å². The summed E-state index contributed by atoms with van der Waals surface area (Å²) in [5.41, 5.74) is 2.20. The zero-order valence-electron chi connectivity index (χ0n) is 28.7. The lowest BCUT2D eigenvalue weighted by Gasteiger charge is -2.27. The Hall–Kier alpha value is -3.42. The molecule has 0 atom stereocenters. The fraction of sp³-hybridized carbons (Fsp3) is 0.611. The van der Waals surface area contributed by atoms with E-state index in [0.717, 1.165) is 33.4 Å². The fourth-order valence-electron chi connectivity index (χ4n) is 5.45. The number of hydrogen-bond donors (Lipinski definition) is 0. The molecule has 0 saturated carbocycles. The van der Waals surface area contributed by atoms with E-state index < -0.39 is 59.1 Å². The van der Waals surface area contributed by atoms with Crippen LogP contribution in [0.3, 0.4) is 0 Å². The minimum absolute atomic E-state index is 0.0981. The van der Waals surface area contributed by atoms with Crippen LogP contribution in [-0.2, 0) is 38.1 Å². The van der Waals surface area contributed by atoms with E-state index in [1.807, 2.05) is 52.0 Å². The maximum atomic E-state index is 13.5. The minimum Gasteiger partial charge on any atom is -0.462 e. The van der Waals surface area contributed by atoms with Crippen LogP contribution >= 0.6 is 0 Å². The molecule has 2 rings (SSSR count). The van der Waals surface area contributed by atoms with Crippen LogP contribution in [-0.4, -0.2) is 48.3 Å². The van der Waals surface area contributed by atoms with Gasteiger partial charge in [-0.3, -0.25) is 19.2 Å². The number of carbonyl (C=O) groups is 4. The Morgan fingerprint density at radius 1 is 0.477 bits per heavy atom. The van der Waals surface area contributed by atoms with Gasteiger partial charge < -0.3 is 18.9 Å². The second-order valence-electron chi connectivity index (χ2n) is 13.6. The van der Waals surface area contributed by atoms with Crippen LogP contribution in [0.15, 0.2) is 57.7 Å². The van der Waals surface area contributed by atoms with Gasteiger partial charge in [0.25, 0.3) is 0 Å². The van der Waals surface area contributed by atoms with E-state index >= 15 is 0 Å². The summed E-state index contributed by atoms with van der Waals surface area (Å²) in [6.07, 6.45) is 6.56. The molecule has 0 aromatic heterocycles. The standard InChI is InChI=1S/C36H52O8/c1-21(2)15-29-19-35(31(37)41-23(5)6,32(38)42-24(7)8)17-27(29)13-14-28-18-36(33(39)43-25(9)10,34(40)44-26(11)12)20-30(28)16-22(3)4/h13-16,23-26H,17-20H2,1-12H3/b14-13+. The van der Waals surface area contributed by atoms with Gasteiger partial charge in [-0.1, -0.05) is 35.5 Å². The Labute approximate surface area is 263 Å². The van der Waals surface area contributed by atoms with E-state index in [4.69, 9.17) is 18.9 Å². The maximum Gasteiger partial charge on any atom is 0.324 e. The molecule has 244 valence electrons. The lowest BCUT2D eigenvalue weighted by molar-refractivity contribution is -0.178. The van der Waals surface area contributed by atoms with Gasteiger partial charge in [-0.25, -0.2) is 0 Å². The lowest BCUT2D eigenvalue weighted by Crippen LogP contribution is -2.42. The van der Waals surface area contributed by atoms with Gasteiger partial charge >= 0.3 is 23.9 Å². The number of ether oxygens (including phenoxy) is 4. The van der Waals surface area contributed by atoms with Gasteiger partial charge in [-0.2, -0.15) is 0 Å². The van der Waals surface area contributed by atoms with Crippen molar-refractivity contribution >= 4 is 23.9 Å². The fourth-order valence-corrected chi connectivity index (χ4v) is 5.45. The van der Waals surface area contributed by atoms with Gasteiger partial charge in [0.2, 0.25) is 0 Å². The number of hydrogen-bond acceptors (Lipinski definition) is 8. The van der Waals surface area contributed by atoms with Crippen molar-refractivity contribution in [2.45, 2.75) is 133 Å². The molecule has 0 bridgehead atoms. The normalized spacial score (nSPS) is 17.5. The molecule has 44 heavy (non-hydrogen) atoms. The molecular weight excluding hydrogens is 560 g/mol. The average Bonchev–Trinajstić information content (AvgIpc) is 3.40. The van der Waals surface area contributed by atoms with Crippen molar-refractivity contribution in [3.8, 4) is 0 Å². The van der Waals surface area contributed by atoms with Gasteiger partial charge in [0, 0.05) is 0 Å². The monoisotopic (exact) mass is 612 g/mol. The van der Waals surface area contributed by atoms with Crippen molar-refractivity contribution in [3.05, 3.63) is 57.7 Å². The van der Waals surface area contributed by atoms with Crippen molar-refractivity contribution in [1.29, 1.82) is 0 Å². The highest BCUT2D eigenvalue weighted by molar-refractivity contribution is 6.03. The van der Waals surface area contributed by atoms with Crippen LogP contribution in [0, 0.1) is 10.8 Å². The van der Waals surface area contributed by atoms with Crippen LogP contribution < -0.4 is 0 Å². The first-order chi connectivity index (χ1) is 20.3. The predicted octanol–water partition coefficient (Wildman–Crippen LogP) is 7.44. The first kappa shape index (κ1) is 36.8. The first-order valence-electron chi connectivity index (χ1n) is 15.6. The summed E-state index contributed by atoms with van der Waals surface area (Å²) in [4.78, 5) is 54.0. The van der Waals surface area contributed by atoms with Crippen molar-refractivity contribution in [1.82, 2.24) is 0 Å². The van der Waals surface area contributed by atoms with Gasteiger partial charge in [-0.05, 0) is 131 Å². The lowest BCUT2D eigenvalue weighted by atomic mass is 9.83. The Bertz CT molecular complexity index is 1130. The highest BCUT2D eigenvalue weighted by atomic mass is 16.6. The Balaban J connectivity index is 2.66. The van der Waals surface area contributed by atoms with E-state index in [9.17, 15) is 19.2 Å². The number of esters is 4. The van der Waals surface area contributed by atoms with Gasteiger partial charge in [0.05, 0.1) is 24.4 Å². The zero-order chi connectivity index (χ0) is 33.6. The summed E-state index contributed by atoms with van der Waals surface area (Å²) in [6.45, 7) is 21.8. The van der Waals surface area contributed by atoms with E-state index in [1.54, 1.807) is 55.4 Å². The Kier molecular flexibility index (Phi) is 12.6. The molecule has 2 aliphatic carbocycles. The molecule has 0 N–H and O–H groups in total. The molecular formula is C36H52O8. The molecule has 0 aliphatic heterocycles. The average molecular weight is 613 g/mol. The van der Waals surface area contributed by atoms with Crippen molar-refractivity contribution < 1.29 is 38.1 Å². The van der Waals surface area contributed by atoms with Gasteiger partial charge in [0.1, 0.15) is 0 Å². The molecule has 0 saturated heterocycles.